The molecule has 0 aliphatic carbocycles. The van der Waals surface area contributed by atoms with E-state index in [0.29, 0.717) is 19.6 Å². The molecule has 1 aromatic rings. The maximum absolute atomic E-state index is 13.4. The monoisotopic (exact) mass is 288 g/mol. The first-order valence-electron chi connectivity index (χ1n) is 6.09. The number of aliphatic hydroxyl groups excluding tert-OH is 1. The van der Waals surface area contributed by atoms with Gasteiger partial charge in [-0.1, -0.05) is 17.7 Å². The van der Waals surface area contributed by atoms with Crippen molar-refractivity contribution in [3.63, 3.8) is 0 Å². The Balaban J connectivity index is 2.32. The van der Waals surface area contributed by atoms with Gasteiger partial charge in [0.1, 0.15) is 5.82 Å². The fraction of sp³-hybridized carbons (Fsp3) is 0.462. The first-order valence-corrected chi connectivity index (χ1v) is 6.47. The fourth-order valence-corrected chi connectivity index (χ4v) is 1.76. The zero-order valence-corrected chi connectivity index (χ0v) is 11.5. The fourth-order valence-electron chi connectivity index (χ4n) is 1.53. The van der Waals surface area contributed by atoms with E-state index in [0.717, 1.165) is 0 Å². The minimum atomic E-state index is -0.477. The summed E-state index contributed by atoms with van der Waals surface area (Å²) in [4.78, 5) is 11.6. The maximum atomic E-state index is 13.4. The van der Waals surface area contributed by atoms with E-state index in [4.69, 9.17) is 16.7 Å². The Kier molecular flexibility index (Phi) is 6.77. The third kappa shape index (κ3) is 6.00. The van der Waals surface area contributed by atoms with Crippen LogP contribution in [0.5, 0.6) is 0 Å². The number of aliphatic hydroxyl groups is 1. The molecule has 0 aliphatic rings. The van der Waals surface area contributed by atoms with E-state index in [1.54, 1.807) is 13.0 Å². The lowest BCUT2D eigenvalue weighted by Crippen LogP contribution is -2.35. The molecule has 1 rings (SSSR count). The van der Waals surface area contributed by atoms with Crippen molar-refractivity contribution in [2.45, 2.75) is 19.4 Å². The van der Waals surface area contributed by atoms with Crippen molar-refractivity contribution in [3.05, 3.63) is 34.6 Å². The van der Waals surface area contributed by atoms with Crippen LogP contribution in [-0.4, -0.2) is 36.8 Å². The number of nitrogens with one attached hydrogen (secondary N) is 2. The molecule has 0 spiro atoms. The molecule has 1 amide bonds. The molecule has 0 saturated heterocycles. The SMILES string of the molecule is CC(O)CNCCNC(=O)Cc1c(F)cccc1Cl. The van der Waals surface area contributed by atoms with Crippen LogP contribution in [0.1, 0.15) is 12.5 Å². The van der Waals surface area contributed by atoms with Crippen LogP contribution in [0.4, 0.5) is 4.39 Å². The Morgan fingerprint density at radius 2 is 2.21 bits per heavy atom. The van der Waals surface area contributed by atoms with Gasteiger partial charge in [0.05, 0.1) is 12.5 Å². The van der Waals surface area contributed by atoms with Gasteiger partial charge in [-0.3, -0.25) is 4.79 Å². The number of amides is 1. The normalized spacial score (nSPS) is 12.2. The number of carbonyl (C=O) groups excluding carboxylic acids is 1. The number of benzene rings is 1. The molecule has 0 aliphatic heterocycles. The number of hydrogen-bond donors (Lipinski definition) is 3. The molecule has 0 heterocycles. The second kappa shape index (κ2) is 8.09. The summed E-state index contributed by atoms with van der Waals surface area (Å²) in [6.45, 7) is 3.10. The van der Waals surface area contributed by atoms with Crippen LogP contribution in [0, 0.1) is 5.82 Å². The molecule has 0 aromatic heterocycles. The molecule has 106 valence electrons. The van der Waals surface area contributed by atoms with Gasteiger partial charge in [0.15, 0.2) is 0 Å². The Hall–Kier alpha value is -1.17. The molecule has 0 radical (unpaired) electrons. The highest BCUT2D eigenvalue weighted by Crippen LogP contribution is 2.19. The van der Waals surface area contributed by atoms with E-state index in [9.17, 15) is 9.18 Å². The zero-order chi connectivity index (χ0) is 14.3. The van der Waals surface area contributed by atoms with Gasteiger partial charge in [0.2, 0.25) is 5.91 Å². The lowest BCUT2D eigenvalue weighted by Gasteiger charge is -2.09. The van der Waals surface area contributed by atoms with Crippen molar-refractivity contribution < 1.29 is 14.3 Å². The van der Waals surface area contributed by atoms with Crippen LogP contribution in [0.2, 0.25) is 5.02 Å². The molecule has 19 heavy (non-hydrogen) atoms. The topological polar surface area (TPSA) is 61.4 Å². The summed E-state index contributed by atoms with van der Waals surface area (Å²) in [6.07, 6.45) is -0.505. The number of rotatable bonds is 7. The zero-order valence-electron chi connectivity index (χ0n) is 10.7. The Morgan fingerprint density at radius 1 is 1.47 bits per heavy atom. The van der Waals surface area contributed by atoms with Gasteiger partial charge in [0, 0.05) is 30.2 Å². The van der Waals surface area contributed by atoms with Gasteiger partial charge in [-0.15, -0.1) is 0 Å². The molecule has 0 fully saturated rings. The smallest absolute Gasteiger partial charge is 0.224 e. The van der Waals surface area contributed by atoms with Crippen molar-refractivity contribution in [1.29, 1.82) is 0 Å². The lowest BCUT2D eigenvalue weighted by molar-refractivity contribution is -0.120. The number of halogens is 2. The minimum absolute atomic E-state index is 0.0814. The lowest BCUT2D eigenvalue weighted by atomic mass is 10.1. The summed E-state index contributed by atoms with van der Waals surface area (Å²) in [7, 11) is 0. The first-order chi connectivity index (χ1) is 9.00. The summed E-state index contributed by atoms with van der Waals surface area (Å²) < 4.78 is 13.4. The van der Waals surface area contributed by atoms with Crippen molar-refractivity contribution in [2.24, 2.45) is 0 Å². The van der Waals surface area contributed by atoms with E-state index in [-0.39, 0.29) is 22.9 Å². The van der Waals surface area contributed by atoms with Crippen LogP contribution in [0.25, 0.3) is 0 Å². The standard InChI is InChI=1S/C13H18ClFN2O2/c1-9(18)8-16-5-6-17-13(19)7-10-11(14)3-2-4-12(10)15/h2-4,9,16,18H,5-8H2,1H3,(H,17,19). The van der Waals surface area contributed by atoms with E-state index in [1.165, 1.54) is 12.1 Å². The summed E-state index contributed by atoms with van der Waals surface area (Å²) in [6, 6.07) is 4.33. The van der Waals surface area contributed by atoms with Crippen LogP contribution in [-0.2, 0) is 11.2 Å². The Labute approximate surface area is 117 Å². The average Bonchev–Trinajstić information content (AvgIpc) is 2.33. The van der Waals surface area contributed by atoms with Crippen molar-refractivity contribution >= 4 is 17.5 Å². The van der Waals surface area contributed by atoms with Crippen LogP contribution in [0.3, 0.4) is 0 Å². The van der Waals surface area contributed by atoms with Crippen LogP contribution in [0.15, 0.2) is 18.2 Å². The van der Waals surface area contributed by atoms with Gasteiger partial charge < -0.3 is 15.7 Å². The van der Waals surface area contributed by atoms with E-state index in [1.807, 2.05) is 0 Å². The maximum Gasteiger partial charge on any atom is 0.224 e. The summed E-state index contributed by atoms with van der Waals surface area (Å²) in [5, 5.41) is 14.9. The van der Waals surface area contributed by atoms with E-state index < -0.39 is 11.9 Å². The molecule has 1 aromatic carbocycles. The third-order valence-corrected chi connectivity index (χ3v) is 2.82. The average molecular weight is 289 g/mol. The van der Waals surface area contributed by atoms with Gasteiger partial charge in [-0.2, -0.15) is 0 Å². The highest BCUT2D eigenvalue weighted by molar-refractivity contribution is 6.31. The molecule has 1 atom stereocenters. The van der Waals surface area contributed by atoms with Crippen LogP contribution < -0.4 is 10.6 Å². The van der Waals surface area contributed by atoms with Crippen molar-refractivity contribution in [3.8, 4) is 0 Å². The molecule has 1 unspecified atom stereocenters. The second-order valence-electron chi connectivity index (χ2n) is 4.28. The number of carbonyl (C=O) groups is 1. The predicted octanol–water partition coefficient (Wildman–Crippen LogP) is 1.11. The van der Waals surface area contributed by atoms with E-state index in [2.05, 4.69) is 10.6 Å². The third-order valence-electron chi connectivity index (χ3n) is 2.46. The molecular formula is C13H18ClFN2O2. The molecule has 0 bridgehead atoms. The second-order valence-corrected chi connectivity index (χ2v) is 4.69. The molecule has 4 nitrogen and oxygen atoms in total. The highest BCUT2D eigenvalue weighted by Gasteiger charge is 2.11. The molecular weight excluding hydrogens is 271 g/mol. The van der Waals surface area contributed by atoms with Gasteiger partial charge in [-0.05, 0) is 19.1 Å². The highest BCUT2D eigenvalue weighted by atomic mass is 35.5. The van der Waals surface area contributed by atoms with E-state index >= 15 is 0 Å². The first kappa shape index (κ1) is 15.9. The van der Waals surface area contributed by atoms with Crippen LogP contribution >= 0.6 is 11.6 Å². The largest absolute Gasteiger partial charge is 0.392 e. The summed E-state index contributed by atoms with van der Waals surface area (Å²) >= 11 is 5.83. The molecule has 6 heteroatoms. The summed E-state index contributed by atoms with van der Waals surface area (Å²) in [5.41, 5.74) is 0.207. The van der Waals surface area contributed by atoms with Gasteiger partial charge >= 0.3 is 0 Å². The van der Waals surface area contributed by atoms with Gasteiger partial charge in [-0.25, -0.2) is 4.39 Å². The minimum Gasteiger partial charge on any atom is -0.392 e. The van der Waals surface area contributed by atoms with Crippen molar-refractivity contribution in [1.82, 2.24) is 10.6 Å². The number of hydrogen-bond acceptors (Lipinski definition) is 3. The molecule has 3 N–H and O–H groups in total. The predicted molar refractivity (Wildman–Crippen MR) is 72.7 cm³/mol. The Bertz CT molecular complexity index is 407. The van der Waals surface area contributed by atoms with Gasteiger partial charge in [0.25, 0.3) is 0 Å². The summed E-state index contributed by atoms with van der Waals surface area (Å²) in [5.74, 6) is -0.763. The molecule has 0 saturated carbocycles. The Morgan fingerprint density at radius 3 is 2.84 bits per heavy atom. The quantitative estimate of drug-likeness (QED) is 0.659. The van der Waals surface area contributed by atoms with Crippen molar-refractivity contribution in [2.75, 3.05) is 19.6 Å².